The number of nitrogens with one attached hydrogen (secondary N) is 2. The molecule has 2 saturated heterocycles. The van der Waals surface area contributed by atoms with Gasteiger partial charge in [0.25, 0.3) is 0 Å². The summed E-state index contributed by atoms with van der Waals surface area (Å²) in [5.74, 6) is 2.81. The van der Waals surface area contributed by atoms with Crippen LogP contribution in [0.5, 0.6) is 0 Å². The van der Waals surface area contributed by atoms with Crippen LogP contribution in [0.4, 0.5) is 0 Å². The Morgan fingerprint density at radius 2 is 2.21 bits per heavy atom. The van der Waals surface area contributed by atoms with Crippen molar-refractivity contribution in [2.75, 3.05) is 19.0 Å². The van der Waals surface area contributed by atoms with Crippen molar-refractivity contribution >= 4 is 9.16 Å². The van der Waals surface area contributed by atoms with E-state index in [0.717, 1.165) is 19.1 Å². The zero-order chi connectivity index (χ0) is 13.3. The number of hydrogen-bond acceptors (Lipinski definition) is 2. The van der Waals surface area contributed by atoms with E-state index in [0.29, 0.717) is 6.04 Å². The molecule has 2 N–H and O–H groups in total. The minimum absolute atomic E-state index is 0.683. The van der Waals surface area contributed by atoms with E-state index >= 15 is 0 Å². The molecule has 4 unspecified atom stereocenters. The Labute approximate surface area is 118 Å². The summed E-state index contributed by atoms with van der Waals surface area (Å²) in [5, 5.41) is 9.38. The predicted octanol–water partition coefficient (Wildman–Crippen LogP) is 2.80. The number of thiol groups is 1. The van der Waals surface area contributed by atoms with E-state index in [-0.39, 0.29) is 0 Å². The number of fused-ring (bicyclic) bond motifs is 1. The Balaban J connectivity index is 1.20. The maximum atomic E-state index is 3.58. The smallest absolute Gasteiger partial charge is 0.0456 e. The molecule has 19 heavy (non-hydrogen) atoms. The lowest BCUT2D eigenvalue weighted by Crippen LogP contribution is -2.35. The summed E-state index contributed by atoms with van der Waals surface area (Å²) in [6, 6.07) is 0.683. The van der Waals surface area contributed by atoms with Crippen molar-refractivity contribution in [2.24, 2.45) is 5.92 Å². The second kappa shape index (κ2) is 3.80. The highest BCUT2D eigenvalue weighted by atomic mass is 32.3. The molecule has 3 heteroatoms. The second-order valence-electron chi connectivity index (χ2n) is 7.37. The van der Waals surface area contributed by atoms with Gasteiger partial charge in [-0.3, -0.25) is 0 Å². The van der Waals surface area contributed by atoms with Crippen LogP contribution in [0, 0.1) is 5.92 Å². The van der Waals surface area contributed by atoms with Crippen LogP contribution in [-0.4, -0.2) is 35.5 Å². The van der Waals surface area contributed by atoms with Gasteiger partial charge in [0.05, 0.1) is 0 Å². The third-order valence-corrected chi connectivity index (χ3v) is 14.4. The second-order valence-corrected chi connectivity index (χ2v) is 13.0. The summed E-state index contributed by atoms with van der Waals surface area (Å²) in [4.78, 5) is 4.13. The minimum Gasteiger partial charge on any atom is -0.305 e. The molecule has 2 nitrogen and oxygen atoms in total. The number of hydrogen-bond donors (Lipinski definition) is 3. The van der Waals surface area contributed by atoms with E-state index in [1.807, 2.05) is 4.91 Å². The fraction of sp³-hybridized carbons (Fsp3) is 0.875. The maximum Gasteiger partial charge on any atom is 0.0456 e. The highest BCUT2D eigenvalue weighted by molar-refractivity contribution is 8.73. The third kappa shape index (κ3) is 1.37. The monoisotopic (exact) mass is 282 g/mol. The van der Waals surface area contributed by atoms with Crippen molar-refractivity contribution in [3.8, 4) is 0 Å². The lowest BCUT2D eigenvalue weighted by Gasteiger charge is -2.22. The lowest BCUT2D eigenvalue weighted by molar-refractivity contribution is 0.462. The molecule has 3 heterocycles. The highest BCUT2D eigenvalue weighted by Crippen LogP contribution is 3.28. The standard InChI is InChI=1S/C16H30N2S/c1-4-13-16-15-9-19(13,15,16)14-8-12(14)7-6-11(3)18-10-17-5-2/h11-12,14-15,17-19H,4-10H2,1-3H3. The molecular formula is C16H30N2S. The summed E-state index contributed by atoms with van der Waals surface area (Å²) >= 11 is 0. The molecule has 0 amide bonds. The van der Waals surface area contributed by atoms with Crippen LogP contribution < -0.4 is 10.6 Å². The fourth-order valence-electron chi connectivity index (χ4n) is 5.31. The van der Waals surface area contributed by atoms with E-state index in [4.69, 9.17) is 0 Å². The Kier molecular flexibility index (Phi) is 2.55. The summed E-state index contributed by atoms with van der Waals surface area (Å²) in [6.07, 6.45) is 5.87. The average molecular weight is 282 g/mol. The third-order valence-electron chi connectivity index (χ3n) is 6.62. The molecular weight excluding hydrogens is 252 g/mol. The first-order valence-corrected chi connectivity index (χ1v) is 10.9. The van der Waals surface area contributed by atoms with Gasteiger partial charge in [0.1, 0.15) is 0 Å². The first-order chi connectivity index (χ1) is 9.20. The molecule has 1 saturated carbocycles. The summed E-state index contributed by atoms with van der Waals surface area (Å²) < 4.78 is 0. The Morgan fingerprint density at radius 1 is 1.37 bits per heavy atom. The zero-order valence-electron chi connectivity index (χ0n) is 12.7. The van der Waals surface area contributed by atoms with Gasteiger partial charge in [-0.2, -0.15) is 0 Å². The molecule has 0 aromatic carbocycles. The van der Waals surface area contributed by atoms with Crippen LogP contribution >= 0.6 is 9.16 Å². The molecule has 4 aliphatic rings. The quantitative estimate of drug-likeness (QED) is 0.262. The average Bonchev–Trinajstić information content (AvgIpc) is 3.25. The molecule has 4 rings (SSSR count). The summed E-state index contributed by atoms with van der Waals surface area (Å²) in [5.41, 5.74) is 0. The van der Waals surface area contributed by atoms with Crippen molar-refractivity contribution < 1.29 is 0 Å². The molecule has 3 aliphatic heterocycles. The Hall–Kier alpha value is 0.01000. The highest BCUT2D eigenvalue weighted by Gasteiger charge is 2.98. The van der Waals surface area contributed by atoms with Crippen LogP contribution in [0.1, 0.15) is 46.5 Å². The van der Waals surface area contributed by atoms with Crippen LogP contribution in [0.2, 0.25) is 0 Å². The Morgan fingerprint density at radius 3 is 2.79 bits per heavy atom. The largest absolute Gasteiger partial charge is 0.305 e. The molecule has 0 bridgehead atoms. The van der Waals surface area contributed by atoms with Crippen LogP contribution in [0.25, 0.3) is 0 Å². The van der Waals surface area contributed by atoms with Crippen molar-refractivity contribution in [3.63, 3.8) is 0 Å². The number of allylic oxidation sites excluding steroid dienone is 1. The molecule has 0 aromatic rings. The van der Waals surface area contributed by atoms with Crippen molar-refractivity contribution in [1.82, 2.24) is 10.6 Å². The van der Waals surface area contributed by atoms with Gasteiger partial charge in [-0.05, 0) is 65.9 Å². The zero-order valence-corrected chi connectivity index (χ0v) is 13.6. The molecule has 3 fully saturated rings. The van der Waals surface area contributed by atoms with E-state index in [9.17, 15) is 0 Å². The minimum atomic E-state index is -1.00. The summed E-state index contributed by atoms with van der Waals surface area (Å²) in [7, 11) is -1.00. The van der Waals surface area contributed by atoms with Gasteiger partial charge in [0, 0.05) is 18.0 Å². The normalized spacial score (nSPS) is 41.6. The molecule has 0 radical (unpaired) electrons. The Bertz CT molecular complexity index is 460. The van der Waals surface area contributed by atoms with E-state index in [2.05, 4.69) is 36.3 Å². The first kappa shape index (κ1) is 12.7. The topological polar surface area (TPSA) is 24.1 Å². The van der Waals surface area contributed by atoms with Crippen LogP contribution in [-0.2, 0) is 0 Å². The lowest BCUT2D eigenvalue weighted by atomic mass is 10.1. The van der Waals surface area contributed by atoms with E-state index < -0.39 is 9.16 Å². The molecule has 1 spiro atoms. The van der Waals surface area contributed by atoms with E-state index in [1.165, 1.54) is 29.8 Å². The van der Waals surface area contributed by atoms with Gasteiger partial charge in [-0.15, -0.1) is 0 Å². The SMILES string of the molecule is CCNCNC(C)CCC1CC1[SH]123CC1C2=C3CC. The molecule has 1 aliphatic carbocycles. The fourth-order valence-corrected chi connectivity index (χ4v) is 15.0. The summed E-state index contributed by atoms with van der Waals surface area (Å²) in [6.45, 7) is 8.94. The van der Waals surface area contributed by atoms with Crippen molar-refractivity contribution in [2.45, 2.75) is 63.0 Å². The van der Waals surface area contributed by atoms with Gasteiger partial charge in [-0.1, -0.05) is 13.8 Å². The van der Waals surface area contributed by atoms with Crippen molar-refractivity contribution in [1.29, 1.82) is 0 Å². The molecule has 4 atom stereocenters. The van der Waals surface area contributed by atoms with Gasteiger partial charge < -0.3 is 10.6 Å². The first-order valence-electron chi connectivity index (χ1n) is 8.39. The van der Waals surface area contributed by atoms with Gasteiger partial charge in [0.15, 0.2) is 0 Å². The van der Waals surface area contributed by atoms with Gasteiger partial charge in [0.2, 0.25) is 0 Å². The van der Waals surface area contributed by atoms with E-state index in [1.54, 1.807) is 12.2 Å². The van der Waals surface area contributed by atoms with Crippen LogP contribution in [0.15, 0.2) is 9.81 Å². The molecule has 0 aromatic heterocycles. The molecule has 110 valence electrons. The predicted molar refractivity (Wildman–Crippen MR) is 87.2 cm³/mol. The van der Waals surface area contributed by atoms with Gasteiger partial charge in [-0.25, -0.2) is 9.16 Å². The maximum absolute atomic E-state index is 3.58. The number of rotatable bonds is 9. The van der Waals surface area contributed by atoms with Crippen LogP contribution in [0.3, 0.4) is 0 Å². The van der Waals surface area contributed by atoms with Gasteiger partial charge >= 0.3 is 0 Å². The van der Waals surface area contributed by atoms with Crippen molar-refractivity contribution in [3.05, 3.63) is 9.81 Å².